The smallest absolute Gasteiger partial charge is 0.214 e. The van der Waals surface area contributed by atoms with E-state index in [1.165, 1.54) is 0 Å². The van der Waals surface area contributed by atoms with E-state index in [-0.39, 0.29) is 0 Å². The molecule has 0 unspecified atom stereocenters. The number of amides is 1. The van der Waals surface area contributed by atoms with Gasteiger partial charge in [-0.15, -0.1) is 0 Å². The first kappa shape index (κ1) is 18.3. The Balaban J connectivity index is 1.62. The summed E-state index contributed by atoms with van der Waals surface area (Å²) >= 11 is 0. The molecule has 0 atom stereocenters. The number of fused-ring (bicyclic) bond motifs is 2. The predicted molar refractivity (Wildman–Crippen MR) is 112 cm³/mol. The second kappa shape index (κ2) is 7.86. The van der Waals surface area contributed by atoms with E-state index in [9.17, 15) is 4.79 Å². The largest absolute Gasteiger partial charge is 0.454 e. The Morgan fingerprint density at radius 3 is 2.68 bits per heavy atom. The molecule has 0 bridgehead atoms. The van der Waals surface area contributed by atoms with Crippen molar-refractivity contribution in [1.82, 2.24) is 15.1 Å². The van der Waals surface area contributed by atoms with Crippen LogP contribution in [0.15, 0.2) is 52.9 Å². The lowest BCUT2D eigenvalue weighted by atomic mass is 10.1. The van der Waals surface area contributed by atoms with E-state index >= 15 is 0 Å². The van der Waals surface area contributed by atoms with Crippen molar-refractivity contribution < 1.29 is 9.21 Å². The SMILES string of the molecule is CN(C)CCCCN(C=O)c1ccc2[nH]nc(-c3cc4ccccc4o3)c2c1. The maximum absolute atomic E-state index is 11.7. The zero-order chi connectivity index (χ0) is 19.5. The van der Waals surface area contributed by atoms with Gasteiger partial charge >= 0.3 is 0 Å². The normalized spacial score (nSPS) is 11.5. The van der Waals surface area contributed by atoms with Crippen LogP contribution in [0.2, 0.25) is 0 Å². The summed E-state index contributed by atoms with van der Waals surface area (Å²) in [4.78, 5) is 15.6. The van der Waals surface area contributed by atoms with Crippen molar-refractivity contribution in [2.75, 3.05) is 32.1 Å². The van der Waals surface area contributed by atoms with E-state index in [2.05, 4.69) is 29.2 Å². The van der Waals surface area contributed by atoms with Gasteiger partial charge in [0.2, 0.25) is 6.41 Å². The van der Waals surface area contributed by atoms with Crippen LogP contribution in [0.3, 0.4) is 0 Å². The minimum atomic E-state index is 0.695. The molecule has 0 aliphatic heterocycles. The highest BCUT2D eigenvalue weighted by Crippen LogP contribution is 2.33. The van der Waals surface area contributed by atoms with E-state index in [0.29, 0.717) is 12.3 Å². The predicted octanol–water partition coefficient (Wildman–Crippen LogP) is 4.28. The second-order valence-corrected chi connectivity index (χ2v) is 7.26. The third-order valence-electron chi connectivity index (χ3n) is 4.92. The average Bonchev–Trinajstić information content (AvgIpc) is 3.31. The molecule has 4 aromatic rings. The standard InChI is InChI=1S/C22H24N4O2/c1-25(2)11-5-6-12-26(15-27)17-9-10-19-18(14-17)22(24-23-19)21-13-16-7-3-4-8-20(16)28-21/h3-4,7-10,13-15H,5-6,11-12H2,1-2H3,(H,23,24). The van der Waals surface area contributed by atoms with Crippen LogP contribution in [0, 0.1) is 0 Å². The van der Waals surface area contributed by atoms with Crippen LogP contribution < -0.4 is 4.90 Å². The molecule has 4 rings (SSSR count). The van der Waals surface area contributed by atoms with Crippen LogP contribution in [-0.4, -0.2) is 48.7 Å². The summed E-state index contributed by atoms with van der Waals surface area (Å²) in [6, 6.07) is 15.8. The summed E-state index contributed by atoms with van der Waals surface area (Å²) in [7, 11) is 4.12. The molecule has 0 saturated carbocycles. The van der Waals surface area contributed by atoms with Gasteiger partial charge < -0.3 is 14.2 Å². The molecule has 1 amide bonds. The summed E-state index contributed by atoms with van der Waals surface area (Å²) < 4.78 is 5.98. The minimum Gasteiger partial charge on any atom is -0.454 e. The van der Waals surface area contributed by atoms with Crippen molar-refractivity contribution in [3.63, 3.8) is 0 Å². The number of unbranched alkanes of at least 4 members (excludes halogenated alkanes) is 1. The molecule has 0 saturated heterocycles. The molecule has 0 aliphatic carbocycles. The highest BCUT2D eigenvalue weighted by Gasteiger charge is 2.15. The topological polar surface area (TPSA) is 65.4 Å². The molecule has 0 fully saturated rings. The lowest BCUT2D eigenvalue weighted by Gasteiger charge is -2.18. The molecule has 6 heteroatoms. The van der Waals surface area contributed by atoms with E-state index in [1.807, 2.05) is 48.5 Å². The Labute approximate surface area is 163 Å². The number of hydrogen-bond donors (Lipinski definition) is 1. The molecule has 2 aromatic heterocycles. The quantitative estimate of drug-likeness (QED) is 0.368. The highest BCUT2D eigenvalue weighted by molar-refractivity contribution is 5.97. The zero-order valence-corrected chi connectivity index (χ0v) is 16.2. The summed E-state index contributed by atoms with van der Waals surface area (Å²) in [5, 5.41) is 9.49. The Morgan fingerprint density at radius 1 is 1.07 bits per heavy atom. The van der Waals surface area contributed by atoms with Gasteiger partial charge in [-0.3, -0.25) is 9.89 Å². The molecule has 1 N–H and O–H groups in total. The first-order valence-electron chi connectivity index (χ1n) is 9.49. The molecule has 0 aliphatic rings. The monoisotopic (exact) mass is 376 g/mol. The number of aromatic amines is 1. The number of nitrogens with one attached hydrogen (secondary N) is 1. The fourth-order valence-corrected chi connectivity index (χ4v) is 3.42. The number of nitrogens with zero attached hydrogens (tertiary/aromatic N) is 3. The van der Waals surface area contributed by atoms with Crippen LogP contribution in [0.25, 0.3) is 33.3 Å². The van der Waals surface area contributed by atoms with Gasteiger partial charge in [0, 0.05) is 23.0 Å². The summed E-state index contributed by atoms with van der Waals surface area (Å²) in [5.74, 6) is 0.716. The molecule has 0 spiro atoms. The lowest BCUT2D eigenvalue weighted by molar-refractivity contribution is -0.107. The first-order chi connectivity index (χ1) is 13.7. The molecule has 0 radical (unpaired) electrons. The van der Waals surface area contributed by atoms with E-state index in [0.717, 1.165) is 59.0 Å². The van der Waals surface area contributed by atoms with Gasteiger partial charge in [0.1, 0.15) is 11.3 Å². The number of carbonyl (C=O) groups excluding carboxylic acids is 1. The Kier molecular flexibility index (Phi) is 5.12. The minimum absolute atomic E-state index is 0.695. The summed E-state index contributed by atoms with van der Waals surface area (Å²) in [5.41, 5.74) is 3.37. The van der Waals surface area contributed by atoms with Gasteiger partial charge in [0.15, 0.2) is 5.76 Å². The highest BCUT2D eigenvalue weighted by atomic mass is 16.3. The maximum Gasteiger partial charge on any atom is 0.214 e. The van der Waals surface area contributed by atoms with Crippen molar-refractivity contribution in [3.8, 4) is 11.5 Å². The van der Waals surface area contributed by atoms with Gasteiger partial charge in [-0.2, -0.15) is 5.10 Å². The van der Waals surface area contributed by atoms with Crippen LogP contribution in [0.1, 0.15) is 12.8 Å². The number of carbonyl (C=O) groups is 1. The second-order valence-electron chi connectivity index (χ2n) is 7.26. The summed E-state index contributed by atoms with van der Waals surface area (Å²) in [6.45, 7) is 1.71. The van der Waals surface area contributed by atoms with Gasteiger partial charge in [0.25, 0.3) is 0 Å². The number of furan rings is 1. The Hall–Kier alpha value is -3.12. The number of anilines is 1. The zero-order valence-electron chi connectivity index (χ0n) is 16.2. The van der Waals surface area contributed by atoms with Crippen molar-refractivity contribution in [2.24, 2.45) is 0 Å². The fourth-order valence-electron chi connectivity index (χ4n) is 3.42. The third kappa shape index (κ3) is 3.64. The maximum atomic E-state index is 11.7. The number of benzene rings is 2. The number of H-pyrrole nitrogens is 1. The molecular weight excluding hydrogens is 352 g/mol. The van der Waals surface area contributed by atoms with Crippen molar-refractivity contribution >= 4 is 34.0 Å². The van der Waals surface area contributed by atoms with Crippen molar-refractivity contribution in [1.29, 1.82) is 0 Å². The lowest BCUT2D eigenvalue weighted by Crippen LogP contribution is -2.23. The van der Waals surface area contributed by atoms with Crippen LogP contribution >= 0.6 is 0 Å². The number of hydrogen-bond acceptors (Lipinski definition) is 4. The third-order valence-corrected chi connectivity index (χ3v) is 4.92. The van der Waals surface area contributed by atoms with Gasteiger partial charge in [-0.05, 0) is 63.8 Å². The van der Waals surface area contributed by atoms with Gasteiger partial charge in [-0.25, -0.2) is 0 Å². The Morgan fingerprint density at radius 2 is 1.89 bits per heavy atom. The molecule has 28 heavy (non-hydrogen) atoms. The molecule has 6 nitrogen and oxygen atoms in total. The average molecular weight is 376 g/mol. The number of para-hydroxylation sites is 1. The first-order valence-corrected chi connectivity index (χ1v) is 9.49. The number of aromatic nitrogens is 2. The molecule has 2 aromatic carbocycles. The van der Waals surface area contributed by atoms with Crippen molar-refractivity contribution in [3.05, 3.63) is 48.5 Å². The summed E-state index contributed by atoms with van der Waals surface area (Å²) in [6.07, 6.45) is 2.91. The number of rotatable bonds is 8. The van der Waals surface area contributed by atoms with Crippen molar-refractivity contribution in [2.45, 2.75) is 12.8 Å². The van der Waals surface area contributed by atoms with Crippen LogP contribution in [-0.2, 0) is 4.79 Å². The van der Waals surface area contributed by atoms with Gasteiger partial charge in [-0.1, -0.05) is 18.2 Å². The van der Waals surface area contributed by atoms with Crippen LogP contribution in [0.5, 0.6) is 0 Å². The van der Waals surface area contributed by atoms with E-state index < -0.39 is 0 Å². The molecule has 2 heterocycles. The fraction of sp³-hybridized carbons (Fsp3) is 0.273. The molecular formula is C22H24N4O2. The Bertz CT molecular complexity index is 1060. The van der Waals surface area contributed by atoms with Crippen LogP contribution in [0.4, 0.5) is 5.69 Å². The van der Waals surface area contributed by atoms with E-state index in [4.69, 9.17) is 4.42 Å². The van der Waals surface area contributed by atoms with Gasteiger partial charge in [0.05, 0.1) is 5.52 Å². The molecule has 144 valence electrons. The van der Waals surface area contributed by atoms with E-state index in [1.54, 1.807) is 4.90 Å².